The molecular formula is C24H30FN3O2. The second kappa shape index (κ2) is 10.2. The molecule has 2 N–H and O–H groups in total. The van der Waals surface area contributed by atoms with Crippen molar-refractivity contribution in [1.82, 2.24) is 15.5 Å². The number of urea groups is 1. The molecule has 2 aromatic rings. The first-order chi connectivity index (χ1) is 14.4. The van der Waals surface area contributed by atoms with Crippen molar-refractivity contribution >= 4 is 11.9 Å². The lowest BCUT2D eigenvalue weighted by Crippen LogP contribution is -2.51. The number of carbonyl (C=O) groups is 2. The summed E-state index contributed by atoms with van der Waals surface area (Å²) >= 11 is 0. The predicted octanol–water partition coefficient (Wildman–Crippen LogP) is 4.06. The zero-order valence-electron chi connectivity index (χ0n) is 17.6. The van der Waals surface area contributed by atoms with Crippen molar-refractivity contribution in [3.63, 3.8) is 0 Å². The third kappa shape index (κ3) is 5.81. The second-order valence-corrected chi connectivity index (χ2v) is 8.12. The Morgan fingerprint density at radius 1 is 1.07 bits per heavy atom. The highest BCUT2D eigenvalue weighted by molar-refractivity contribution is 5.81. The van der Waals surface area contributed by atoms with Gasteiger partial charge >= 0.3 is 6.03 Å². The van der Waals surface area contributed by atoms with Crippen LogP contribution in [0.2, 0.25) is 0 Å². The van der Waals surface area contributed by atoms with Crippen LogP contribution in [0.25, 0.3) is 0 Å². The molecular weight excluding hydrogens is 381 g/mol. The topological polar surface area (TPSA) is 61.4 Å². The standard InChI is InChI=1S/C24H30FN3O2/c1-17(2)27-24(30)28-16-20(10-13-22(28)19-8-11-21(25)12-9-19)23(29)26-15-14-18-6-4-3-5-7-18/h3-9,11-12,17,20,22H,10,13-16H2,1-2H3,(H,26,29)(H,27,30). The van der Waals surface area contributed by atoms with Crippen molar-refractivity contribution in [1.29, 1.82) is 0 Å². The van der Waals surface area contributed by atoms with E-state index in [1.54, 1.807) is 17.0 Å². The number of amides is 3. The Morgan fingerprint density at radius 3 is 2.43 bits per heavy atom. The van der Waals surface area contributed by atoms with Gasteiger partial charge in [-0.3, -0.25) is 4.79 Å². The first-order valence-corrected chi connectivity index (χ1v) is 10.6. The Balaban J connectivity index is 1.64. The van der Waals surface area contributed by atoms with E-state index in [1.807, 2.05) is 44.2 Å². The van der Waals surface area contributed by atoms with E-state index >= 15 is 0 Å². The van der Waals surface area contributed by atoms with Gasteiger partial charge in [-0.1, -0.05) is 42.5 Å². The summed E-state index contributed by atoms with van der Waals surface area (Å²) in [5.41, 5.74) is 2.06. The molecule has 0 aliphatic carbocycles. The quantitative estimate of drug-likeness (QED) is 0.753. The fourth-order valence-corrected chi connectivity index (χ4v) is 3.89. The molecule has 1 heterocycles. The number of likely N-dealkylation sites (tertiary alicyclic amines) is 1. The average molecular weight is 412 g/mol. The minimum Gasteiger partial charge on any atom is -0.355 e. The lowest BCUT2D eigenvalue weighted by Gasteiger charge is -2.39. The molecule has 0 spiro atoms. The zero-order chi connectivity index (χ0) is 21.5. The summed E-state index contributed by atoms with van der Waals surface area (Å²) in [5.74, 6) is -0.579. The Morgan fingerprint density at radius 2 is 1.77 bits per heavy atom. The highest BCUT2D eigenvalue weighted by Crippen LogP contribution is 2.33. The molecule has 6 heteroatoms. The van der Waals surface area contributed by atoms with E-state index in [0.29, 0.717) is 25.9 Å². The summed E-state index contributed by atoms with van der Waals surface area (Å²) in [6.07, 6.45) is 2.12. The van der Waals surface area contributed by atoms with E-state index in [0.717, 1.165) is 12.0 Å². The van der Waals surface area contributed by atoms with Gasteiger partial charge in [-0.05, 0) is 56.4 Å². The van der Waals surface area contributed by atoms with E-state index in [-0.39, 0.29) is 35.8 Å². The third-order valence-corrected chi connectivity index (χ3v) is 5.44. The highest BCUT2D eigenvalue weighted by atomic mass is 19.1. The van der Waals surface area contributed by atoms with Crippen LogP contribution in [0.4, 0.5) is 9.18 Å². The van der Waals surface area contributed by atoms with E-state index < -0.39 is 0 Å². The van der Waals surface area contributed by atoms with Gasteiger partial charge in [0.15, 0.2) is 0 Å². The fourth-order valence-electron chi connectivity index (χ4n) is 3.89. The fraction of sp³-hybridized carbons (Fsp3) is 0.417. The van der Waals surface area contributed by atoms with Crippen LogP contribution in [-0.2, 0) is 11.2 Å². The number of halogens is 1. The zero-order valence-corrected chi connectivity index (χ0v) is 17.6. The normalized spacial score (nSPS) is 18.9. The minimum atomic E-state index is -0.302. The van der Waals surface area contributed by atoms with Crippen LogP contribution in [0.5, 0.6) is 0 Å². The van der Waals surface area contributed by atoms with Gasteiger partial charge in [0.2, 0.25) is 5.91 Å². The predicted molar refractivity (Wildman–Crippen MR) is 115 cm³/mol. The van der Waals surface area contributed by atoms with E-state index in [1.165, 1.54) is 17.7 Å². The van der Waals surface area contributed by atoms with Gasteiger partial charge in [0.25, 0.3) is 0 Å². The number of hydrogen-bond acceptors (Lipinski definition) is 2. The van der Waals surface area contributed by atoms with Crippen LogP contribution < -0.4 is 10.6 Å². The van der Waals surface area contributed by atoms with Gasteiger partial charge in [-0.25, -0.2) is 9.18 Å². The summed E-state index contributed by atoms with van der Waals surface area (Å²) in [6.45, 7) is 4.72. The number of hydrogen-bond donors (Lipinski definition) is 2. The number of benzene rings is 2. The molecule has 30 heavy (non-hydrogen) atoms. The summed E-state index contributed by atoms with van der Waals surface area (Å²) in [6, 6.07) is 15.9. The van der Waals surface area contributed by atoms with Crippen molar-refractivity contribution in [3.05, 3.63) is 71.5 Å². The van der Waals surface area contributed by atoms with E-state index in [9.17, 15) is 14.0 Å². The SMILES string of the molecule is CC(C)NC(=O)N1CC(C(=O)NCCc2ccccc2)CCC1c1ccc(F)cc1. The number of nitrogens with zero attached hydrogens (tertiary/aromatic N) is 1. The number of carbonyl (C=O) groups excluding carboxylic acids is 2. The van der Waals surface area contributed by atoms with Crippen molar-refractivity contribution in [2.75, 3.05) is 13.1 Å². The molecule has 3 rings (SSSR count). The number of piperidine rings is 1. The van der Waals surface area contributed by atoms with Crippen LogP contribution >= 0.6 is 0 Å². The summed E-state index contributed by atoms with van der Waals surface area (Å²) in [5, 5.41) is 5.95. The van der Waals surface area contributed by atoms with Gasteiger partial charge < -0.3 is 15.5 Å². The number of nitrogens with one attached hydrogen (secondary N) is 2. The molecule has 3 amide bonds. The Hall–Kier alpha value is -2.89. The van der Waals surface area contributed by atoms with Crippen LogP contribution in [0, 0.1) is 11.7 Å². The number of rotatable bonds is 6. The Labute approximate surface area is 177 Å². The molecule has 0 bridgehead atoms. The lowest BCUT2D eigenvalue weighted by atomic mass is 9.88. The molecule has 2 atom stereocenters. The maximum atomic E-state index is 13.3. The molecule has 0 radical (unpaired) electrons. The molecule has 1 fully saturated rings. The van der Waals surface area contributed by atoms with Gasteiger partial charge in [-0.2, -0.15) is 0 Å². The second-order valence-electron chi connectivity index (χ2n) is 8.12. The molecule has 1 saturated heterocycles. The molecule has 0 aromatic heterocycles. The minimum absolute atomic E-state index is 0.00792. The molecule has 160 valence electrons. The van der Waals surface area contributed by atoms with Gasteiger partial charge in [0, 0.05) is 19.1 Å². The summed E-state index contributed by atoms with van der Waals surface area (Å²) in [4.78, 5) is 27.3. The maximum Gasteiger partial charge on any atom is 0.318 e. The van der Waals surface area contributed by atoms with Gasteiger partial charge in [-0.15, -0.1) is 0 Å². The molecule has 0 saturated carbocycles. The van der Waals surface area contributed by atoms with Crippen LogP contribution in [0.3, 0.4) is 0 Å². The molecule has 1 aliphatic rings. The average Bonchev–Trinajstić information content (AvgIpc) is 2.74. The van der Waals surface area contributed by atoms with Crippen molar-refractivity contribution in [3.8, 4) is 0 Å². The maximum absolute atomic E-state index is 13.3. The van der Waals surface area contributed by atoms with Crippen LogP contribution in [-0.4, -0.2) is 36.0 Å². The third-order valence-electron chi connectivity index (χ3n) is 5.44. The monoisotopic (exact) mass is 411 g/mol. The lowest BCUT2D eigenvalue weighted by molar-refractivity contribution is -0.126. The Bertz CT molecular complexity index is 839. The van der Waals surface area contributed by atoms with Crippen LogP contribution in [0.1, 0.15) is 43.9 Å². The van der Waals surface area contributed by atoms with Gasteiger partial charge in [0.1, 0.15) is 5.82 Å². The summed E-state index contributed by atoms with van der Waals surface area (Å²) in [7, 11) is 0. The first kappa shape index (κ1) is 21.8. The van der Waals surface area contributed by atoms with E-state index in [4.69, 9.17) is 0 Å². The highest BCUT2D eigenvalue weighted by Gasteiger charge is 2.35. The Kier molecular flexibility index (Phi) is 7.44. The summed E-state index contributed by atoms with van der Waals surface area (Å²) < 4.78 is 13.3. The molecule has 5 nitrogen and oxygen atoms in total. The smallest absolute Gasteiger partial charge is 0.318 e. The van der Waals surface area contributed by atoms with Crippen molar-refractivity contribution in [2.24, 2.45) is 5.92 Å². The van der Waals surface area contributed by atoms with Gasteiger partial charge in [0.05, 0.1) is 12.0 Å². The molecule has 1 aliphatic heterocycles. The van der Waals surface area contributed by atoms with Crippen molar-refractivity contribution < 1.29 is 14.0 Å². The largest absolute Gasteiger partial charge is 0.355 e. The van der Waals surface area contributed by atoms with E-state index in [2.05, 4.69) is 10.6 Å². The van der Waals surface area contributed by atoms with Crippen molar-refractivity contribution in [2.45, 2.75) is 45.2 Å². The molecule has 2 unspecified atom stereocenters. The van der Waals surface area contributed by atoms with Crippen LogP contribution in [0.15, 0.2) is 54.6 Å². The molecule has 2 aromatic carbocycles. The first-order valence-electron chi connectivity index (χ1n) is 10.6.